The third-order valence-electron chi connectivity index (χ3n) is 17.1. The van der Waals surface area contributed by atoms with E-state index in [-0.39, 0.29) is 24.3 Å². The van der Waals surface area contributed by atoms with Crippen LogP contribution in [0.15, 0.2) is 146 Å². The molecule has 74 heavy (non-hydrogen) atoms. The molecule has 14 rings (SSSR count). The Morgan fingerprint density at radius 2 is 0.851 bits per heavy atom. The number of ether oxygens (including phenoxy) is 2. The van der Waals surface area contributed by atoms with Crippen LogP contribution in [0.2, 0.25) is 0 Å². The number of aryl methyl sites for hydroxylation is 6. The number of fused-ring (bicyclic) bond motifs is 9. The molecule has 0 spiro atoms. The Morgan fingerprint density at radius 1 is 0.419 bits per heavy atom. The number of benzene rings is 7. The Hall–Kier alpha value is -7.83. The van der Waals surface area contributed by atoms with E-state index in [4.69, 9.17) is 19.4 Å². The molecule has 0 fully saturated rings. The number of hydrogen-bond acceptors (Lipinski definition) is 6. The fraction of sp³-hybridized carbons (Fsp3) is 0.212. The van der Waals surface area contributed by atoms with Crippen LogP contribution in [0.4, 0.5) is 34.4 Å². The van der Waals surface area contributed by atoms with E-state index in [1.807, 2.05) is 0 Å². The number of pyridine rings is 2. The molecule has 6 heterocycles. The highest BCUT2D eigenvalue weighted by Crippen LogP contribution is 2.50. The normalized spacial score (nSPS) is 15.6. The summed E-state index contributed by atoms with van der Waals surface area (Å²) in [5.41, 5.74) is 25.2. The minimum Gasteiger partial charge on any atom is -0.458 e. The van der Waals surface area contributed by atoms with Gasteiger partial charge >= 0.3 is 0 Å². The second kappa shape index (κ2) is 15.8. The molecule has 1 aliphatic carbocycles. The van der Waals surface area contributed by atoms with E-state index < -0.39 is 0 Å². The summed E-state index contributed by atoms with van der Waals surface area (Å²) < 4.78 is 14.5. The summed E-state index contributed by atoms with van der Waals surface area (Å²) in [7, 11) is 0. The molecule has 5 aliphatic rings. The van der Waals surface area contributed by atoms with Crippen LogP contribution in [0, 0.1) is 41.5 Å². The molecule has 0 bridgehead atoms. The van der Waals surface area contributed by atoms with Gasteiger partial charge in [0, 0.05) is 56.9 Å². The van der Waals surface area contributed by atoms with E-state index in [2.05, 4.69) is 225 Å². The van der Waals surface area contributed by atoms with Crippen LogP contribution in [0.5, 0.6) is 23.0 Å². The van der Waals surface area contributed by atoms with Gasteiger partial charge in [-0.25, -0.2) is 9.97 Å². The molecule has 0 saturated heterocycles. The van der Waals surface area contributed by atoms with Crippen molar-refractivity contribution in [1.29, 1.82) is 0 Å². The average Bonchev–Trinajstić information content (AvgIpc) is 3.38. The first-order chi connectivity index (χ1) is 35.6. The van der Waals surface area contributed by atoms with Gasteiger partial charge in [0.1, 0.15) is 34.6 Å². The zero-order valence-corrected chi connectivity index (χ0v) is 44.0. The van der Waals surface area contributed by atoms with E-state index >= 15 is 0 Å². The van der Waals surface area contributed by atoms with E-state index in [1.54, 1.807) is 0 Å². The second-order valence-corrected chi connectivity index (χ2v) is 23.2. The van der Waals surface area contributed by atoms with E-state index in [9.17, 15) is 0 Å². The quantitative estimate of drug-likeness (QED) is 0.164. The minimum atomic E-state index is -0.189. The number of hydrogen-bond donors (Lipinski definition) is 0. The highest BCUT2D eigenvalue weighted by atomic mass is 16.5. The third-order valence-corrected chi connectivity index (χ3v) is 17.1. The highest BCUT2D eigenvalue weighted by molar-refractivity contribution is 7.02. The summed E-state index contributed by atoms with van der Waals surface area (Å²) in [6.45, 7) is 22.5. The van der Waals surface area contributed by atoms with Gasteiger partial charge in [-0.15, -0.1) is 0 Å². The molecule has 0 unspecified atom stereocenters. The third kappa shape index (κ3) is 6.52. The molecule has 6 nitrogen and oxygen atoms in total. The maximum atomic E-state index is 7.44. The van der Waals surface area contributed by atoms with Gasteiger partial charge in [0.05, 0.1) is 11.4 Å². The summed E-state index contributed by atoms with van der Waals surface area (Å²) in [6.07, 6.45) is 2.23. The number of para-hydroxylation sites is 3. The summed E-state index contributed by atoms with van der Waals surface area (Å²) in [6, 6.07) is 53.7. The monoisotopic (exact) mass is 960 g/mol. The lowest BCUT2D eigenvalue weighted by Gasteiger charge is -2.45. The van der Waals surface area contributed by atoms with Crippen molar-refractivity contribution in [3.63, 3.8) is 0 Å². The molecular weight excluding hydrogens is 902 g/mol. The Kier molecular flexibility index (Phi) is 9.60. The van der Waals surface area contributed by atoms with Crippen molar-refractivity contribution in [1.82, 2.24) is 9.97 Å². The van der Waals surface area contributed by atoms with Crippen molar-refractivity contribution in [2.75, 3.05) is 9.80 Å². The van der Waals surface area contributed by atoms with E-state index in [0.29, 0.717) is 0 Å². The summed E-state index contributed by atoms with van der Waals surface area (Å²) in [5.74, 6) is 5.24. The Morgan fingerprint density at radius 3 is 1.35 bits per heavy atom. The molecule has 0 amide bonds. The first kappa shape index (κ1) is 44.8. The maximum Gasteiger partial charge on any atom is 0.258 e. The lowest BCUT2D eigenvalue weighted by molar-refractivity contribution is 0.330. The summed E-state index contributed by atoms with van der Waals surface area (Å²) in [4.78, 5) is 16.5. The van der Waals surface area contributed by atoms with Crippen LogP contribution in [-0.4, -0.2) is 23.4 Å². The van der Waals surface area contributed by atoms with Gasteiger partial charge in [-0.3, -0.25) is 9.80 Å². The van der Waals surface area contributed by atoms with Crippen LogP contribution in [0.1, 0.15) is 85.0 Å². The molecule has 2 aromatic heterocycles. The minimum absolute atomic E-state index is 0.00491. The molecular formula is C66H58B2N4O2. The van der Waals surface area contributed by atoms with Gasteiger partial charge in [-0.2, -0.15) is 0 Å². The smallest absolute Gasteiger partial charge is 0.258 e. The predicted molar refractivity (Wildman–Crippen MR) is 308 cm³/mol. The fourth-order valence-electron chi connectivity index (χ4n) is 13.8. The molecule has 0 N–H and O–H groups in total. The largest absolute Gasteiger partial charge is 0.458 e. The Bertz CT molecular complexity index is 3860. The first-order valence-corrected chi connectivity index (χ1v) is 26.4. The van der Waals surface area contributed by atoms with Crippen LogP contribution in [0.25, 0.3) is 22.5 Å². The van der Waals surface area contributed by atoms with Crippen molar-refractivity contribution in [3.05, 3.63) is 190 Å². The Labute approximate surface area is 436 Å². The molecule has 4 aliphatic heterocycles. The van der Waals surface area contributed by atoms with Gasteiger partial charge in [0.25, 0.3) is 13.4 Å². The molecule has 0 radical (unpaired) electrons. The summed E-state index contributed by atoms with van der Waals surface area (Å²) >= 11 is 0. The number of nitrogens with zero attached hydrogens (tertiary/aromatic N) is 4. The topological polar surface area (TPSA) is 50.7 Å². The van der Waals surface area contributed by atoms with Gasteiger partial charge < -0.3 is 9.47 Å². The molecule has 9 aromatic rings. The summed E-state index contributed by atoms with van der Waals surface area (Å²) in [5, 5.41) is 0. The van der Waals surface area contributed by atoms with Gasteiger partial charge in [0.15, 0.2) is 0 Å². The predicted octanol–water partition coefficient (Wildman–Crippen LogP) is 12.8. The van der Waals surface area contributed by atoms with Crippen LogP contribution < -0.4 is 52.1 Å². The lowest BCUT2D eigenvalue weighted by atomic mass is 9.31. The van der Waals surface area contributed by atoms with Gasteiger partial charge in [-0.05, 0) is 163 Å². The zero-order chi connectivity index (χ0) is 50.7. The van der Waals surface area contributed by atoms with Crippen LogP contribution in [0.3, 0.4) is 0 Å². The molecule has 0 saturated carbocycles. The SMILES string of the molecule is Cc1cc(C)c(-c2cc3c4c(n2)N(c2ccccc2)c2cc5c(cc2B4c2ccccc2O3)B2c3cc4c(cc3Oc3cc(-c6c(C)cc(C)cc6C)nc(c32)N5c2ccccc2)C(C)(C)CCC4(C)C)c(C)c1. The van der Waals surface area contributed by atoms with Crippen molar-refractivity contribution in [3.8, 4) is 45.5 Å². The average molecular weight is 961 g/mol. The Balaban J connectivity index is 1.11. The molecule has 0 atom stereocenters. The van der Waals surface area contributed by atoms with E-state index in [0.717, 1.165) is 109 Å². The van der Waals surface area contributed by atoms with Gasteiger partial charge in [0.2, 0.25) is 0 Å². The van der Waals surface area contributed by atoms with Crippen LogP contribution >= 0.6 is 0 Å². The van der Waals surface area contributed by atoms with Crippen molar-refractivity contribution in [2.45, 2.75) is 92.9 Å². The molecule has 8 heteroatoms. The zero-order valence-electron chi connectivity index (χ0n) is 44.0. The number of aromatic nitrogens is 2. The maximum absolute atomic E-state index is 7.44. The van der Waals surface area contributed by atoms with Gasteiger partial charge in [-0.1, -0.05) is 130 Å². The standard InChI is InChI=1S/C66H58B2N4O2/c1-37-27-39(3)59(40(4)28-37)51-34-57-61-63(69-51)71(43-19-13-11-14-20-43)53-36-54-49(33-48(53)67(61)47-23-17-18-24-55(47)73-57)68-50-31-45-46(66(9,10)26-25-65(45,7)8)32-56(50)74-58-35-52(60-41(5)29-38(2)30-42(60)6)70-64(62(58)68)72(54)44-21-15-12-16-22-44/h11-24,27-36H,25-26H2,1-10H3. The number of anilines is 6. The van der Waals surface area contributed by atoms with Crippen molar-refractivity contribution >= 4 is 80.6 Å². The lowest BCUT2D eigenvalue weighted by Crippen LogP contribution is -2.64. The van der Waals surface area contributed by atoms with Crippen molar-refractivity contribution < 1.29 is 9.47 Å². The number of rotatable bonds is 4. The van der Waals surface area contributed by atoms with E-state index in [1.165, 1.54) is 60.9 Å². The second-order valence-electron chi connectivity index (χ2n) is 23.2. The molecule has 360 valence electrons. The van der Waals surface area contributed by atoms with Crippen LogP contribution in [-0.2, 0) is 10.8 Å². The fourth-order valence-corrected chi connectivity index (χ4v) is 13.8. The molecule has 7 aromatic carbocycles. The first-order valence-electron chi connectivity index (χ1n) is 26.4. The highest BCUT2D eigenvalue weighted by Gasteiger charge is 2.50. The van der Waals surface area contributed by atoms with Crippen molar-refractivity contribution in [2.24, 2.45) is 0 Å².